The number of hydrogen-bond acceptors (Lipinski definition) is 4. The SMILES string of the molecule is c1ccc(-c2ccc3cccc(-c4nc(-c5ccc6ccccc6c5)nc(-c5cccc6oc7ccccc7c56)n4)c3c2)cc1. The average molecular weight is 576 g/mol. The molecule has 4 heteroatoms. The highest BCUT2D eigenvalue weighted by Gasteiger charge is 2.19. The van der Waals surface area contributed by atoms with E-state index in [1.54, 1.807) is 0 Å². The van der Waals surface area contributed by atoms with E-state index in [4.69, 9.17) is 19.4 Å². The van der Waals surface area contributed by atoms with Crippen molar-refractivity contribution in [3.63, 3.8) is 0 Å². The predicted octanol–water partition coefficient (Wildman–Crippen LogP) is 10.7. The number of fused-ring (bicyclic) bond motifs is 5. The fourth-order valence-electron chi connectivity index (χ4n) is 6.31. The van der Waals surface area contributed by atoms with Gasteiger partial charge in [-0.1, -0.05) is 127 Å². The van der Waals surface area contributed by atoms with Crippen molar-refractivity contribution in [2.75, 3.05) is 0 Å². The second-order valence-electron chi connectivity index (χ2n) is 11.3. The lowest BCUT2D eigenvalue weighted by Crippen LogP contribution is -2.01. The number of para-hydroxylation sites is 1. The first kappa shape index (κ1) is 25.4. The lowest BCUT2D eigenvalue weighted by Gasteiger charge is -2.12. The van der Waals surface area contributed by atoms with Crippen molar-refractivity contribution in [1.29, 1.82) is 0 Å². The fraction of sp³-hybridized carbons (Fsp3) is 0. The molecule has 4 nitrogen and oxygen atoms in total. The lowest BCUT2D eigenvalue weighted by molar-refractivity contribution is 0.669. The number of aromatic nitrogens is 3. The molecule has 0 bridgehead atoms. The van der Waals surface area contributed by atoms with Crippen LogP contribution < -0.4 is 0 Å². The number of benzene rings is 7. The van der Waals surface area contributed by atoms with Gasteiger partial charge in [-0.3, -0.25) is 0 Å². The summed E-state index contributed by atoms with van der Waals surface area (Å²) in [7, 11) is 0. The van der Waals surface area contributed by atoms with E-state index in [2.05, 4.69) is 115 Å². The maximum absolute atomic E-state index is 6.23. The van der Waals surface area contributed by atoms with Gasteiger partial charge in [-0.05, 0) is 56.9 Å². The number of furan rings is 1. The molecular formula is C41H25N3O. The minimum Gasteiger partial charge on any atom is -0.456 e. The van der Waals surface area contributed by atoms with Crippen molar-refractivity contribution in [2.24, 2.45) is 0 Å². The third-order valence-corrected chi connectivity index (χ3v) is 8.52. The molecule has 0 fully saturated rings. The topological polar surface area (TPSA) is 51.8 Å². The molecule has 2 aromatic heterocycles. The van der Waals surface area contributed by atoms with Gasteiger partial charge >= 0.3 is 0 Å². The van der Waals surface area contributed by atoms with Gasteiger partial charge in [-0.15, -0.1) is 0 Å². The average Bonchev–Trinajstić information content (AvgIpc) is 3.50. The largest absolute Gasteiger partial charge is 0.456 e. The Hall–Kier alpha value is -6.13. The van der Waals surface area contributed by atoms with Gasteiger partial charge in [-0.25, -0.2) is 15.0 Å². The highest BCUT2D eigenvalue weighted by Crippen LogP contribution is 2.38. The second-order valence-corrected chi connectivity index (χ2v) is 11.3. The molecule has 0 spiro atoms. The molecule has 0 radical (unpaired) electrons. The van der Waals surface area contributed by atoms with E-state index in [0.29, 0.717) is 17.5 Å². The maximum Gasteiger partial charge on any atom is 0.164 e. The van der Waals surface area contributed by atoms with E-state index in [1.165, 1.54) is 10.9 Å². The molecule has 0 aliphatic heterocycles. The molecule has 45 heavy (non-hydrogen) atoms. The maximum atomic E-state index is 6.23. The van der Waals surface area contributed by atoms with Crippen LogP contribution in [0.2, 0.25) is 0 Å². The summed E-state index contributed by atoms with van der Waals surface area (Å²) in [5.74, 6) is 1.86. The Balaban J connectivity index is 1.32. The highest BCUT2D eigenvalue weighted by molar-refractivity contribution is 6.12. The zero-order valence-electron chi connectivity index (χ0n) is 24.2. The molecule has 0 amide bonds. The van der Waals surface area contributed by atoms with Crippen LogP contribution in [0.15, 0.2) is 156 Å². The summed E-state index contributed by atoms with van der Waals surface area (Å²) in [6.07, 6.45) is 0. The molecule has 2 heterocycles. The Morgan fingerprint density at radius 3 is 1.91 bits per heavy atom. The van der Waals surface area contributed by atoms with Crippen LogP contribution in [-0.4, -0.2) is 15.0 Å². The Labute approximate surface area is 259 Å². The van der Waals surface area contributed by atoms with E-state index >= 15 is 0 Å². The molecule has 0 saturated carbocycles. The first-order valence-electron chi connectivity index (χ1n) is 15.0. The van der Waals surface area contributed by atoms with E-state index in [1.807, 2.05) is 36.4 Å². The van der Waals surface area contributed by atoms with Crippen molar-refractivity contribution in [2.45, 2.75) is 0 Å². The quantitative estimate of drug-likeness (QED) is 0.209. The lowest BCUT2D eigenvalue weighted by atomic mass is 9.98. The van der Waals surface area contributed by atoms with Crippen LogP contribution in [0.4, 0.5) is 0 Å². The van der Waals surface area contributed by atoms with Crippen LogP contribution >= 0.6 is 0 Å². The monoisotopic (exact) mass is 575 g/mol. The van der Waals surface area contributed by atoms with E-state index in [0.717, 1.165) is 60.4 Å². The smallest absolute Gasteiger partial charge is 0.164 e. The minimum atomic E-state index is 0.608. The fourth-order valence-corrected chi connectivity index (χ4v) is 6.31. The summed E-state index contributed by atoms with van der Waals surface area (Å²) in [6.45, 7) is 0. The molecule has 9 aromatic rings. The van der Waals surface area contributed by atoms with Crippen LogP contribution in [0.25, 0.3) is 88.8 Å². The van der Waals surface area contributed by atoms with Gasteiger partial charge < -0.3 is 4.42 Å². The molecule has 7 aromatic carbocycles. The van der Waals surface area contributed by atoms with Crippen LogP contribution in [0.1, 0.15) is 0 Å². The van der Waals surface area contributed by atoms with Crippen molar-refractivity contribution in [3.8, 4) is 45.3 Å². The van der Waals surface area contributed by atoms with Gasteiger partial charge in [0.25, 0.3) is 0 Å². The highest BCUT2D eigenvalue weighted by atomic mass is 16.3. The van der Waals surface area contributed by atoms with Crippen molar-refractivity contribution >= 4 is 43.5 Å². The van der Waals surface area contributed by atoms with Crippen molar-refractivity contribution in [3.05, 3.63) is 152 Å². The Kier molecular flexibility index (Phi) is 5.78. The predicted molar refractivity (Wildman–Crippen MR) is 184 cm³/mol. The van der Waals surface area contributed by atoms with Crippen LogP contribution in [0.3, 0.4) is 0 Å². The number of hydrogen-bond donors (Lipinski definition) is 0. The van der Waals surface area contributed by atoms with Crippen LogP contribution in [0, 0.1) is 0 Å². The standard InChI is InChI=1S/C41H25N3O/c1-2-10-26(11-3-1)30-22-21-28-14-8-16-32(35(28)25-30)40-42-39(31-23-20-27-12-4-5-13-29(27)24-31)43-41(44-40)34-17-9-19-37-38(34)33-15-6-7-18-36(33)45-37/h1-25H. The third kappa shape index (κ3) is 4.35. The molecule has 0 N–H and O–H groups in total. The molecule has 210 valence electrons. The third-order valence-electron chi connectivity index (χ3n) is 8.52. The number of nitrogens with zero attached hydrogens (tertiary/aromatic N) is 3. The first-order chi connectivity index (χ1) is 22.3. The van der Waals surface area contributed by atoms with Crippen molar-refractivity contribution < 1.29 is 4.42 Å². The van der Waals surface area contributed by atoms with Gasteiger partial charge in [-0.2, -0.15) is 0 Å². The minimum absolute atomic E-state index is 0.608. The van der Waals surface area contributed by atoms with E-state index in [-0.39, 0.29) is 0 Å². The van der Waals surface area contributed by atoms with Gasteiger partial charge in [0.05, 0.1) is 0 Å². The first-order valence-corrected chi connectivity index (χ1v) is 15.0. The molecular weight excluding hydrogens is 550 g/mol. The van der Waals surface area contributed by atoms with E-state index < -0.39 is 0 Å². The molecule has 9 rings (SSSR count). The van der Waals surface area contributed by atoms with Gasteiger partial charge in [0.2, 0.25) is 0 Å². The number of rotatable bonds is 4. The normalized spacial score (nSPS) is 11.6. The molecule has 0 unspecified atom stereocenters. The van der Waals surface area contributed by atoms with Crippen molar-refractivity contribution in [1.82, 2.24) is 15.0 Å². The molecule has 0 saturated heterocycles. The summed E-state index contributed by atoms with van der Waals surface area (Å²) in [5.41, 5.74) is 6.77. The van der Waals surface area contributed by atoms with Gasteiger partial charge in [0.15, 0.2) is 17.5 Å². The summed E-state index contributed by atoms with van der Waals surface area (Å²) < 4.78 is 6.23. The zero-order valence-corrected chi connectivity index (χ0v) is 24.2. The molecule has 0 atom stereocenters. The second kappa shape index (κ2) is 10.2. The Bertz CT molecular complexity index is 2550. The van der Waals surface area contributed by atoms with E-state index in [9.17, 15) is 0 Å². The van der Waals surface area contributed by atoms with Gasteiger partial charge in [0, 0.05) is 27.5 Å². The summed E-state index contributed by atoms with van der Waals surface area (Å²) in [5, 5.41) is 6.57. The molecule has 0 aliphatic rings. The van der Waals surface area contributed by atoms with Crippen LogP contribution in [0.5, 0.6) is 0 Å². The summed E-state index contributed by atoms with van der Waals surface area (Å²) in [4.78, 5) is 15.5. The summed E-state index contributed by atoms with van der Waals surface area (Å²) in [6, 6.07) is 52.3. The molecule has 0 aliphatic carbocycles. The summed E-state index contributed by atoms with van der Waals surface area (Å²) >= 11 is 0. The van der Waals surface area contributed by atoms with Gasteiger partial charge in [0.1, 0.15) is 11.2 Å². The Morgan fingerprint density at radius 2 is 1.00 bits per heavy atom. The Morgan fingerprint density at radius 1 is 0.356 bits per heavy atom. The van der Waals surface area contributed by atoms with Crippen LogP contribution in [-0.2, 0) is 0 Å². The zero-order chi connectivity index (χ0) is 29.7.